The van der Waals surface area contributed by atoms with Crippen LogP contribution in [0.1, 0.15) is 403 Å². The van der Waals surface area contributed by atoms with Crippen LogP contribution in [-0.4, -0.2) is 299 Å². The monoisotopic (exact) mass is 1900 g/mol. The first-order chi connectivity index (χ1) is 63.4. The summed E-state index contributed by atoms with van der Waals surface area (Å²) in [4.78, 5) is 37.6. The Hall–Kier alpha value is -3.80. The largest absolute Gasteiger partial charge is 0.375 e. The van der Waals surface area contributed by atoms with Crippen LogP contribution < -0.4 is 0 Å². The Labute approximate surface area is 852 Å². The number of likely N-dealkylation sites (tertiary alicyclic amines) is 2. The average Bonchev–Trinajstić information content (AvgIpc) is 1.15. The van der Waals surface area contributed by atoms with E-state index in [0.717, 1.165) is 122 Å². The van der Waals surface area contributed by atoms with Crippen molar-refractivity contribution >= 4 is 0 Å². The Bertz CT molecular complexity index is 3080. The molecule has 5 unspecified atom stereocenters. The fourth-order valence-corrected chi connectivity index (χ4v) is 20.5. The predicted molar refractivity (Wildman–Crippen MR) is 609 cm³/mol. The lowest BCUT2D eigenvalue weighted by molar-refractivity contribution is 0.0408. The summed E-state index contributed by atoms with van der Waals surface area (Å²) in [7, 11) is 0. The fourth-order valence-electron chi connectivity index (χ4n) is 20.5. The Balaban J connectivity index is 0.000000742. The van der Waals surface area contributed by atoms with Gasteiger partial charge >= 0.3 is 0 Å². The number of allylic oxidation sites excluding steroid dienone is 4. The summed E-state index contributed by atoms with van der Waals surface area (Å²) in [5.41, 5.74) is 4.70. The first-order valence-electron chi connectivity index (χ1n) is 57.2. The molecule has 12 rings (SSSR count). The Morgan fingerprint density at radius 2 is 0.676 bits per heavy atom. The van der Waals surface area contributed by atoms with Gasteiger partial charge in [-0.2, -0.15) is 0 Å². The number of hydrogen-bond acceptors (Lipinski definition) is 15. The lowest BCUT2D eigenvalue weighted by atomic mass is 9.87. The van der Waals surface area contributed by atoms with Crippen molar-refractivity contribution in [1.82, 2.24) is 73.5 Å². The second-order valence-electron chi connectivity index (χ2n) is 49.1. The highest BCUT2D eigenvalue weighted by atomic mass is 15.4. The fraction of sp³-hybridized carbons (Fsp3) is 0.868. The molecule has 15 nitrogen and oxygen atoms in total. The molecule has 5 atom stereocenters. The molecule has 0 aliphatic carbocycles. The van der Waals surface area contributed by atoms with E-state index in [-0.39, 0.29) is 0 Å². The van der Waals surface area contributed by atoms with Crippen LogP contribution in [0.2, 0.25) is 0 Å². The molecule has 0 aromatic carbocycles. The molecular formula is C121H241N15. The molecule has 15 heteroatoms. The van der Waals surface area contributed by atoms with Gasteiger partial charge in [0.25, 0.3) is 0 Å². The summed E-state index contributed by atoms with van der Waals surface area (Å²) in [6.45, 7) is 129. The van der Waals surface area contributed by atoms with E-state index in [1.807, 2.05) is 0 Å². The van der Waals surface area contributed by atoms with Gasteiger partial charge in [-0.3, -0.25) is 34.3 Å². The van der Waals surface area contributed by atoms with E-state index in [1.54, 1.807) is 17.0 Å². The molecule has 136 heavy (non-hydrogen) atoms. The molecule has 0 aromatic rings. The van der Waals surface area contributed by atoms with Crippen LogP contribution in [0.15, 0.2) is 96.6 Å². The molecule has 4 saturated heterocycles. The van der Waals surface area contributed by atoms with Crippen molar-refractivity contribution in [3.8, 4) is 0 Å². The number of piperazine rings is 1. The third-order valence-corrected chi connectivity index (χ3v) is 30.4. The van der Waals surface area contributed by atoms with Crippen LogP contribution in [0.25, 0.3) is 0 Å². The van der Waals surface area contributed by atoms with Crippen molar-refractivity contribution in [2.24, 2.45) is 59.2 Å². The van der Waals surface area contributed by atoms with Gasteiger partial charge in [0.15, 0.2) is 0 Å². The van der Waals surface area contributed by atoms with Crippen LogP contribution in [-0.2, 0) is 0 Å². The topological polar surface area (TPSA) is 48.6 Å². The zero-order valence-electron chi connectivity index (χ0n) is 100. The third kappa shape index (κ3) is 48.7. The maximum Gasteiger partial charge on any atom is 0.0898 e. The standard InChI is InChI=1S/C11H23N.3C11H21N.C10H22N2.4C10H19N.C9H20N2.C9H18N2.C9H19N/c4*1-9(2)11-7-5-6-8-12(11)10(3)4;1-9(2)11-5-7-12(8-6-11)10(3)4;1-8(2)10-5-6-11(7-10)9(3)4;3*1-8(2)10-6-5-7-11(10)9(3)4;2*1-8(2)10-5-6-11(7-10)9(3)4;1-7(2)9-5-10(6-9)8(3)4/h9-11H,5-8H2,1-4H3;7,9-10H,5-6,8H2,1-4H3;6,8-11H,5,7H2,1-4H3;5-6,9-11H,7-8H2,1-4H3;9-10H,5-8H2,1-4H3;7-9H,5-6H2,1-4H3;6,8-9H,5,7H2,1-4H3;5,7-10H,6H2,1-4H3;5-6,8-10H,7H2,1-4H3;8-9H,5-7H2,1-4H3;5-6,8-9H,7H2,1-4H3;7-9H,5-6H2,1-4H3. The van der Waals surface area contributed by atoms with E-state index in [2.05, 4.69) is 485 Å². The van der Waals surface area contributed by atoms with E-state index in [1.165, 1.54) is 149 Å². The van der Waals surface area contributed by atoms with Crippen molar-refractivity contribution < 1.29 is 0 Å². The van der Waals surface area contributed by atoms with Gasteiger partial charge in [0, 0.05) is 230 Å². The van der Waals surface area contributed by atoms with E-state index < -0.39 is 0 Å². The summed E-state index contributed by atoms with van der Waals surface area (Å²) < 4.78 is 0. The number of nitrogens with zero attached hydrogens (tertiary/aromatic N) is 15. The molecule has 0 radical (unpaired) electrons. The summed E-state index contributed by atoms with van der Waals surface area (Å²) in [5.74, 6) is 7.87. The van der Waals surface area contributed by atoms with E-state index in [9.17, 15) is 0 Å². The molecule has 12 aliphatic rings. The maximum atomic E-state index is 2.67. The normalized spacial score (nSPS) is 22.3. The van der Waals surface area contributed by atoms with Crippen LogP contribution >= 0.6 is 0 Å². The molecular weight excluding hydrogens is 1660 g/mol. The number of rotatable bonds is 24. The highest BCUT2D eigenvalue weighted by Gasteiger charge is 2.34. The van der Waals surface area contributed by atoms with Crippen LogP contribution in [0.5, 0.6) is 0 Å². The molecule has 4 fully saturated rings. The first kappa shape index (κ1) is 130. The van der Waals surface area contributed by atoms with Crippen LogP contribution in [0, 0.1) is 59.2 Å². The lowest BCUT2D eigenvalue weighted by Crippen LogP contribution is -2.51. The van der Waals surface area contributed by atoms with E-state index >= 15 is 0 Å². The molecule has 800 valence electrons. The molecule has 0 spiro atoms. The summed E-state index contributed by atoms with van der Waals surface area (Å²) in [5, 5.41) is 0. The van der Waals surface area contributed by atoms with Gasteiger partial charge in [-0.25, -0.2) is 0 Å². The highest BCUT2D eigenvalue weighted by molar-refractivity contribution is 5.13. The molecule has 0 amide bonds. The van der Waals surface area contributed by atoms with Gasteiger partial charge in [-0.05, 0) is 356 Å². The quantitative estimate of drug-likeness (QED) is 0.0862. The van der Waals surface area contributed by atoms with Gasteiger partial charge in [0.05, 0.1) is 13.3 Å². The van der Waals surface area contributed by atoms with Gasteiger partial charge < -0.3 is 39.2 Å². The maximum absolute atomic E-state index is 2.67. The first-order valence-corrected chi connectivity index (χ1v) is 57.2. The van der Waals surface area contributed by atoms with Crippen molar-refractivity contribution in [2.45, 2.75) is 524 Å². The zero-order valence-corrected chi connectivity index (χ0v) is 100. The molecule has 12 aliphatic heterocycles. The van der Waals surface area contributed by atoms with E-state index in [4.69, 9.17) is 0 Å². The molecule has 0 N–H and O–H groups in total. The Kier molecular flexibility index (Phi) is 65.6. The number of hydrogen-bond donors (Lipinski definition) is 0. The van der Waals surface area contributed by atoms with Gasteiger partial charge in [0.2, 0.25) is 0 Å². The number of piperidine rings is 1. The zero-order chi connectivity index (χ0) is 104. The molecule has 12 heterocycles. The predicted octanol–water partition coefficient (Wildman–Crippen LogP) is 28.5. The van der Waals surface area contributed by atoms with Crippen molar-refractivity contribution in [2.75, 3.05) is 105 Å². The van der Waals surface area contributed by atoms with Gasteiger partial charge in [0.1, 0.15) is 0 Å². The van der Waals surface area contributed by atoms with Crippen LogP contribution in [0.3, 0.4) is 0 Å². The third-order valence-electron chi connectivity index (χ3n) is 30.4. The van der Waals surface area contributed by atoms with E-state index in [0.29, 0.717) is 84.3 Å². The minimum atomic E-state index is 0.620. The van der Waals surface area contributed by atoms with Crippen molar-refractivity contribution in [3.05, 3.63) is 96.6 Å². The Morgan fingerprint density at radius 3 is 1.00 bits per heavy atom. The molecule has 0 saturated carbocycles. The van der Waals surface area contributed by atoms with Gasteiger partial charge in [-0.15, -0.1) is 0 Å². The van der Waals surface area contributed by atoms with Crippen molar-refractivity contribution in [1.29, 1.82) is 0 Å². The second kappa shape index (κ2) is 68.5. The minimum Gasteiger partial charge on any atom is -0.375 e. The smallest absolute Gasteiger partial charge is 0.0898 e. The Morgan fingerprint density at radius 1 is 0.257 bits per heavy atom. The SMILES string of the molecule is CC(C)C1=CCCCN1C(C)C.CC(C)C1=CCCN1C(C)C.CC(C)C1=CN(C(C)C)CC1.CC(C)C1C=CCN1C(C)C.CC(C)C1CC=CCN1C(C)C.CC(C)C1CC=CN1C(C)C.CC(C)C1CCC=CN1C(C)C.CC(C)C1CCCCN1C(C)C.CC(C)C1CN(C(C)C)C1.CC(C)N1C=CN(C(C)C)C1.CC(C)N1CCN(C(C)C)C1.CC(C)N1CCN(C(C)C)CC1. The molecule has 0 aromatic heterocycles. The minimum absolute atomic E-state index is 0.620. The van der Waals surface area contributed by atoms with Crippen LogP contribution in [0.4, 0.5) is 0 Å². The summed E-state index contributed by atoms with van der Waals surface area (Å²) >= 11 is 0. The highest BCUT2D eigenvalue weighted by Crippen LogP contribution is 2.32. The lowest BCUT2D eigenvalue weighted by Gasteiger charge is -2.44. The summed E-state index contributed by atoms with van der Waals surface area (Å²) in [6.07, 6.45) is 44.2. The summed E-state index contributed by atoms with van der Waals surface area (Å²) in [6, 6.07) is 14.0. The van der Waals surface area contributed by atoms with Gasteiger partial charge in [-0.1, -0.05) is 185 Å². The average molecular weight is 1910 g/mol. The van der Waals surface area contributed by atoms with Crippen molar-refractivity contribution in [3.63, 3.8) is 0 Å². The molecule has 0 bridgehead atoms. The second-order valence-corrected chi connectivity index (χ2v) is 49.1.